The minimum absolute atomic E-state index is 0.321. The van der Waals surface area contributed by atoms with Crippen molar-refractivity contribution in [2.45, 2.75) is 20.8 Å². The molecule has 0 radical (unpaired) electrons. The highest BCUT2D eigenvalue weighted by atomic mass is 16.3. The Bertz CT molecular complexity index is 1070. The monoisotopic (exact) mass is 291 g/mol. The van der Waals surface area contributed by atoms with Crippen molar-refractivity contribution in [2.75, 3.05) is 0 Å². The molecule has 4 rings (SSSR count). The van der Waals surface area contributed by atoms with Crippen molar-refractivity contribution in [2.24, 2.45) is 7.05 Å². The smallest absolute Gasteiger partial charge is 0.176 e. The average Bonchev–Trinajstić information content (AvgIpc) is 2.85. The molecule has 0 amide bonds. The third kappa shape index (κ3) is 1.59. The number of benzene rings is 2. The molecule has 2 heterocycles. The van der Waals surface area contributed by atoms with Gasteiger partial charge in [0.2, 0.25) is 0 Å². The summed E-state index contributed by atoms with van der Waals surface area (Å²) in [4.78, 5) is 3.57. The Morgan fingerprint density at radius 2 is 1.73 bits per heavy atom. The highest BCUT2D eigenvalue weighted by Gasteiger charge is 2.17. The van der Waals surface area contributed by atoms with E-state index >= 15 is 0 Å². The fraction of sp³-hybridized carbons (Fsp3) is 0.211. The van der Waals surface area contributed by atoms with Crippen LogP contribution in [0, 0.1) is 20.8 Å². The van der Waals surface area contributed by atoms with E-state index in [1.165, 1.54) is 32.8 Å². The fourth-order valence-electron chi connectivity index (χ4n) is 3.62. The van der Waals surface area contributed by atoms with Crippen molar-refractivity contribution in [1.82, 2.24) is 4.98 Å². The maximum Gasteiger partial charge on any atom is 0.176 e. The first kappa shape index (κ1) is 13.1. The number of phenolic OH excluding ortho intramolecular Hbond substituents is 1. The van der Waals surface area contributed by atoms with Gasteiger partial charge in [0.15, 0.2) is 12.4 Å². The molecule has 3 nitrogen and oxygen atoms in total. The van der Waals surface area contributed by atoms with Gasteiger partial charge in [-0.3, -0.25) is 0 Å². The summed E-state index contributed by atoms with van der Waals surface area (Å²) in [5, 5.41) is 14.8. The van der Waals surface area contributed by atoms with Crippen LogP contribution < -0.4 is 4.57 Å². The van der Waals surface area contributed by atoms with E-state index in [1.807, 2.05) is 26.1 Å². The first-order valence-electron chi connectivity index (χ1n) is 7.50. The van der Waals surface area contributed by atoms with Crippen LogP contribution in [0.25, 0.3) is 32.6 Å². The van der Waals surface area contributed by atoms with Gasteiger partial charge in [-0.15, -0.1) is 0 Å². The third-order valence-corrected chi connectivity index (χ3v) is 4.75. The number of nitrogens with one attached hydrogen (secondary N) is 1. The molecular weight excluding hydrogens is 272 g/mol. The minimum atomic E-state index is 0.321. The van der Waals surface area contributed by atoms with Crippen molar-refractivity contribution in [3.8, 4) is 5.75 Å². The van der Waals surface area contributed by atoms with Gasteiger partial charge in [0.1, 0.15) is 12.8 Å². The number of aromatic hydroxyl groups is 1. The van der Waals surface area contributed by atoms with Crippen molar-refractivity contribution < 1.29 is 9.67 Å². The number of aromatic nitrogens is 2. The summed E-state index contributed by atoms with van der Waals surface area (Å²) in [7, 11) is 2.05. The summed E-state index contributed by atoms with van der Waals surface area (Å²) in [6.07, 6.45) is 4.26. The molecule has 0 aliphatic rings. The maximum absolute atomic E-state index is 9.99. The van der Waals surface area contributed by atoms with E-state index in [1.54, 1.807) is 0 Å². The molecule has 0 saturated carbocycles. The van der Waals surface area contributed by atoms with Gasteiger partial charge >= 0.3 is 0 Å². The number of phenols is 1. The highest BCUT2D eigenvalue weighted by molar-refractivity contribution is 6.16. The second kappa shape index (κ2) is 4.23. The number of nitrogens with zero attached hydrogens (tertiary/aromatic N) is 1. The fourth-order valence-corrected chi connectivity index (χ4v) is 3.62. The largest absolute Gasteiger partial charge is 0.508 e. The van der Waals surface area contributed by atoms with Crippen LogP contribution in [0.1, 0.15) is 16.7 Å². The summed E-state index contributed by atoms with van der Waals surface area (Å²) < 4.78 is 2.08. The van der Waals surface area contributed by atoms with Crippen LogP contribution in [0.2, 0.25) is 0 Å². The van der Waals surface area contributed by atoms with E-state index in [9.17, 15) is 5.11 Å². The number of hydrogen-bond donors (Lipinski definition) is 2. The van der Waals surface area contributed by atoms with Gasteiger partial charge < -0.3 is 10.1 Å². The van der Waals surface area contributed by atoms with E-state index in [2.05, 4.69) is 41.9 Å². The zero-order valence-electron chi connectivity index (χ0n) is 13.3. The van der Waals surface area contributed by atoms with Crippen LogP contribution in [0.3, 0.4) is 0 Å². The molecule has 3 heteroatoms. The van der Waals surface area contributed by atoms with Crippen molar-refractivity contribution in [3.05, 3.63) is 47.3 Å². The van der Waals surface area contributed by atoms with Gasteiger partial charge in [0, 0.05) is 27.7 Å². The Morgan fingerprint density at radius 1 is 0.955 bits per heavy atom. The zero-order valence-corrected chi connectivity index (χ0v) is 13.3. The van der Waals surface area contributed by atoms with Crippen LogP contribution >= 0.6 is 0 Å². The number of pyridine rings is 1. The topological polar surface area (TPSA) is 39.9 Å². The van der Waals surface area contributed by atoms with Crippen LogP contribution in [-0.2, 0) is 7.05 Å². The Labute approximate surface area is 128 Å². The zero-order chi connectivity index (χ0) is 15.6. The van der Waals surface area contributed by atoms with Crippen LogP contribution in [0.4, 0.5) is 0 Å². The Balaban J connectivity index is 2.35. The molecule has 4 aromatic rings. The van der Waals surface area contributed by atoms with Gasteiger partial charge in [-0.2, -0.15) is 0 Å². The average molecular weight is 291 g/mol. The molecule has 0 fully saturated rings. The number of fused-ring (bicyclic) bond motifs is 4. The summed E-state index contributed by atoms with van der Waals surface area (Å²) in [5.74, 6) is 0.321. The molecular formula is C19H19N2O+. The van der Waals surface area contributed by atoms with Crippen LogP contribution in [0.5, 0.6) is 5.75 Å². The summed E-state index contributed by atoms with van der Waals surface area (Å²) in [6.45, 7) is 6.35. The minimum Gasteiger partial charge on any atom is -0.508 e. The molecule has 0 unspecified atom stereocenters. The highest BCUT2D eigenvalue weighted by Crippen LogP contribution is 2.38. The lowest BCUT2D eigenvalue weighted by Crippen LogP contribution is -2.26. The first-order chi connectivity index (χ1) is 10.5. The van der Waals surface area contributed by atoms with E-state index in [4.69, 9.17) is 0 Å². The Morgan fingerprint density at radius 3 is 2.50 bits per heavy atom. The lowest BCUT2D eigenvalue weighted by atomic mass is 9.96. The SMILES string of the molecule is Cc1cc(O)cc2c1[nH]c1c(C)c3cc[n+](C)cc3c(C)c12. The Hall–Kier alpha value is -2.55. The van der Waals surface area contributed by atoms with Gasteiger partial charge in [-0.05, 0) is 55.0 Å². The number of rotatable bonds is 0. The molecule has 22 heavy (non-hydrogen) atoms. The number of aryl methyl sites for hydroxylation is 4. The molecule has 2 aromatic heterocycles. The summed E-state index contributed by atoms with van der Waals surface area (Å²) >= 11 is 0. The Kier molecular flexibility index (Phi) is 2.52. The number of H-pyrrole nitrogens is 1. The van der Waals surface area contributed by atoms with Crippen LogP contribution in [0.15, 0.2) is 30.6 Å². The maximum atomic E-state index is 9.99. The predicted molar refractivity (Wildman–Crippen MR) is 90.4 cm³/mol. The second-order valence-corrected chi connectivity index (χ2v) is 6.25. The summed E-state index contributed by atoms with van der Waals surface area (Å²) in [5.41, 5.74) is 5.86. The van der Waals surface area contributed by atoms with Gasteiger partial charge in [-0.1, -0.05) is 0 Å². The van der Waals surface area contributed by atoms with E-state index in [0.29, 0.717) is 5.75 Å². The summed E-state index contributed by atoms with van der Waals surface area (Å²) in [6, 6.07) is 5.84. The normalized spacial score (nSPS) is 11.8. The van der Waals surface area contributed by atoms with Gasteiger partial charge in [-0.25, -0.2) is 4.57 Å². The molecule has 0 aliphatic heterocycles. The predicted octanol–water partition coefficient (Wildman–Crippen LogP) is 3.93. The quantitative estimate of drug-likeness (QED) is 0.473. The molecule has 0 saturated heterocycles. The molecule has 0 atom stereocenters. The third-order valence-electron chi connectivity index (χ3n) is 4.75. The lowest BCUT2D eigenvalue weighted by Gasteiger charge is -2.07. The molecule has 2 N–H and O–H groups in total. The van der Waals surface area contributed by atoms with E-state index in [0.717, 1.165) is 16.5 Å². The first-order valence-corrected chi connectivity index (χ1v) is 7.50. The van der Waals surface area contributed by atoms with Crippen molar-refractivity contribution in [3.63, 3.8) is 0 Å². The van der Waals surface area contributed by atoms with Crippen molar-refractivity contribution in [1.29, 1.82) is 0 Å². The second-order valence-electron chi connectivity index (χ2n) is 6.25. The van der Waals surface area contributed by atoms with E-state index < -0.39 is 0 Å². The molecule has 0 aliphatic carbocycles. The molecule has 0 bridgehead atoms. The standard InChI is InChI=1S/C19H18N2O/c1-10-7-13(22)8-15-17-11(2)16-9-21(4)6-5-14(16)12(3)19(17)20-18(10)15/h5-9,22H,1-4H3/p+1. The number of hydrogen-bond acceptors (Lipinski definition) is 1. The molecule has 0 spiro atoms. The molecule has 2 aromatic carbocycles. The lowest BCUT2D eigenvalue weighted by molar-refractivity contribution is -0.670. The number of aromatic amines is 1. The van der Waals surface area contributed by atoms with Gasteiger partial charge in [0.05, 0.1) is 5.52 Å². The van der Waals surface area contributed by atoms with Gasteiger partial charge in [0.25, 0.3) is 0 Å². The van der Waals surface area contributed by atoms with Crippen LogP contribution in [-0.4, -0.2) is 10.1 Å². The van der Waals surface area contributed by atoms with E-state index in [-0.39, 0.29) is 0 Å². The molecule has 110 valence electrons. The van der Waals surface area contributed by atoms with Crippen molar-refractivity contribution >= 4 is 32.6 Å².